The first-order valence-electron chi connectivity index (χ1n) is 5.57. The largest absolute Gasteiger partial charge is 0.467 e. The molecule has 1 aromatic rings. The lowest BCUT2D eigenvalue weighted by molar-refractivity contribution is -0.152. The summed E-state index contributed by atoms with van der Waals surface area (Å²) in [6.45, 7) is -0.0137. The predicted octanol–water partition coefficient (Wildman–Crippen LogP) is 1.60. The Labute approximate surface area is 117 Å². The van der Waals surface area contributed by atoms with Crippen molar-refractivity contribution in [3.63, 3.8) is 0 Å². The monoisotopic (exact) mass is 279 g/mol. The molecule has 0 aliphatic rings. The molecule has 0 fully saturated rings. The molecule has 4 nitrogen and oxygen atoms in total. The fraction of sp³-hybridized carbons (Fsp3) is 0.286. The van der Waals surface area contributed by atoms with Crippen LogP contribution in [0.3, 0.4) is 0 Å². The third kappa shape index (κ3) is 3.73. The number of amides is 1. The van der Waals surface area contributed by atoms with E-state index in [1.165, 1.54) is 12.0 Å². The SMILES string of the molecule is C#CCN(C(=O)CCl)[C@H](C(=O)OC)c1ccccc1. The minimum absolute atomic E-state index is 0.0137. The van der Waals surface area contributed by atoms with Gasteiger partial charge in [0.2, 0.25) is 5.91 Å². The number of hydrogen-bond acceptors (Lipinski definition) is 3. The van der Waals surface area contributed by atoms with Gasteiger partial charge in [-0.15, -0.1) is 18.0 Å². The van der Waals surface area contributed by atoms with Gasteiger partial charge in [-0.05, 0) is 5.56 Å². The lowest BCUT2D eigenvalue weighted by Crippen LogP contribution is -2.40. The number of halogens is 1. The fourth-order valence-electron chi connectivity index (χ4n) is 1.69. The van der Waals surface area contributed by atoms with Crippen molar-refractivity contribution in [2.45, 2.75) is 6.04 Å². The highest BCUT2D eigenvalue weighted by Crippen LogP contribution is 2.22. The number of esters is 1. The van der Waals surface area contributed by atoms with Crippen molar-refractivity contribution in [3.8, 4) is 12.3 Å². The van der Waals surface area contributed by atoms with Gasteiger partial charge in [-0.2, -0.15) is 0 Å². The van der Waals surface area contributed by atoms with E-state index in [4.69, 9.17) is 22.8 Å². The molecule has 1 aromatic carbocycles. The second-order valence-electron chi connectivity index (χ2n) is 3.70. The standard InChI is InChI=1S/C14H14ClNO3/c1-3-9-16(12(17)10-15)13(14(18)19-2)11-7-5-4-6-8-11/h1,4-8,13H,9-10H2,2H3/t13-/m0/s1. The maximum absolute atomic E-state index is 11.9. The number of methoxy groups -OCH3 is 1. The Morgan fingerprint density at radius 1 is 1.42 bits per heavy atom. The third-order valence-corrected chi connectivity index (χ3v) is 2.78. The fourth-order valence-corrected chi connectivity index (χ4v) is 1.84. The average molecular weight is 280 g/mol. The first-order chi connectivity index (χ1) is 9.15. The molecule has 1 atom stereocenters. The van der Waals surface area contributed by atoms with Crippen LogP contribution in [-0.4, -0.2) is 36.3 Å². The Bertz CT molecular complexity index is 481. The summed E-state index contributed by atoms with van der Waals surface area (Å²) in [4.78, 5) is 25.0. The highest BCUT2D eigenvalue weighted by molar-refractivity contribution is 6.27. The molecule has 19 heavy (non-hydrogen) atoms. The van der Waals surface area contributed by atoms with E-state index < -0.39 is 17.9 Å². The Balaban J connectivity index is 3.18. The number of rotatable bonds is 5. The smallest absolute Gasteiger partial charge is 0.333 e. The molecule has 1 rings (SSSR count). The molecular formula is C14H14ClNO3. The molecule has 0 spiro atoms. The molecule has 0 aliphatic heterocycles. The number of benzene rings is 1. The molecular weight excluding hydrogens is 266 g/mol. The number of hydrogen-bond donors (Lipinski definition) is 0. The third-order valence-electron chi connectivity index (χ3n) is 2.55. The zero-order valence-electron chi connectivity index (χ0n) is 10.5. The predicted molar refractivity (Wildman–Crippen MR) is 72.5 cm³/mol. The van der Waals surface area contributed by atoms with Gasteiger partial charge in [0.25, 0.3) is 0 Å². The minimum atomic E-state index is -0.881. The van der Waals surface area contributed by atoms with E-state index in [0.717, 1.165) is 0 Å². The van der Waals surface area contributed by atoms with E-state index in [1.54, 1.807) is 24.3 Å². The van der Waals surface area contributed by atoms with Crippen molar-refractivity contribution in [2.24, 2.45) is 0 Å². The lowest BCUT2D eigenvalue weighted by atomic mass is 10.1. The summed E-state index contributed by atoms with van der Waals surface area (Å²) >= 11 is 5.55. The average Bonchev–Trinajstić information content (AvgIpc) is 2.46. The van der Waals surface area contributed by atoms with Crippen molar-refractivity contribution in [1.29, 1.82) is 0 Å². The number of terminal acetylenes is 1. The summed E-state index contributed by atoms with van der Waals surface area (Å²) in [5.41, 5.74) is 0.628. The first-order valence-corrected chi connectivity index (χ1v) is 6.10. The summed E-state index contributed by atoms with van der Waals surface area (Å²) < 4.78 is 4.74. The minimum Gasteiger partial charge on any atom is -0.467 e. The van der Waals surface area contributed by atoms with E-state index in [9.17, 15) is 9.59 Å². The maximum atomic E-state index is 11.9. The molecule has 0 aromatic heterocycles. The molecule has 0 heterocycles. The van der Waals surface area contributed by atoms with Crippen molar-refractivity contribution in [3.05, 3.63) is 35.9 Å². The van der Waals surface area contributed by atoms with Gasteiger partial charge in [-0.25, -0.2) is 4.79 Å². The molecule has 1 amide bonds. The van der Waals surface area contributed by atoms with Crippen LogP contribution in [0.4, 0.5) is 0 Å². The molecule has 5 heteroatoms. The zero-order chi connectivity index (χ0) is 14.3. The van der Waals surface area contributed by atoms with Gasteiger partial charge in [0.15, 0.2) is 6.04 Å². The van der Waals surface area contributed by atoms with Crippen molar-refractivity contribution in [1.82, 2.24) is 4.90 Å². The van der Waals surface area contributed by atoms with E-state index in [2.05, 4.69) is 5.92 Å². The summed E-state index contributed by atoms with van der Waals surface area (Å²) in [6.07, 6.45) is 5.24. The molecule has 0 N–H and O–H groups in total. The summed E-state index contributed by atoms with van der Waals surface area (Å²) in [5.74, 6) is 1.13. The van der Waals surface area contributed by atoms with Crippen LogP contribution in [0.5, 0.6) is 0 Å². The van der Waals surface area contributed by atoms with Crippen LogP contribution < -0.4 is 0 Å². The van der Waals surface area contributed by atoms with Crippen LogP contribution in [0.25, 0.3) is 0 Å². The Kier molecular flexibility index (Phi) is 5.91. The molecule has 0 saturated heterocycles. The van der Waals surface area contributed by atoms with E-state index >= 15 is 0 Å². The summed E-state index contributed by atoms with van der Waals surface area (Å²) in [7, 11) is 1.26. The van der Waals surface area contributed by atoms with Gasteiger partial charge in [-0.1, -0.05) is 36.3 Å². The second kappa shape index (κ2) is 7.45. The van der Waals surface area contributed by atoms with Crippen LogP contribution >= 0.6 is 11.6 Å². The Morgan fingerprint density at radius 3 is 2.53 bits per heavy atom. The van der Waals surface area contributed by atoms with E-state index in [0.29, 0.717) is 5.56 Å². The van der Waals surface area contributed by atoms with Crippen LogP contribution in [0, 0.1) is 12.3 Å². The first kappa shape index (κ1) is 15.1. The van der Waals surface area contributed by atoms with Crippen molar-refractivity contribution in [2.75, 3.05) is 19.5 Å². The van der Waals surface area contributed by atoms with Crippen molar-refractivity contribution >= 4 is 23.5 Å². The summed E-state index contributed by atoms with van der Waals surface area (Å²) in [6, 6.07) is 7.93. The Morgan fingerprint density at radius 2 is 2.05 bits per heavy atom. The molecule has 0 aliphatic carbocycles. The Hall–Kier alpha value is -1.99. The van der Waals surface area contributed by atoms with E-state index in [-0.39, 0.29) is 12.4 Å². The molecule has 0 bridgehead atoms. The second-order valence-corrected chi connectivity index (χ2v) is 3.96. The normalized spacial score (nSPS) is 11.2. The maximum Gasteiger partial charge on any atom is 0.333 e. The van der Waals surface area contributed by atoms with Gasteiger partial charge in [0, 0.05) is 0 Å². The van der Waals surface area contributed by atoms with Gasteiger partial charge in [0.05, 0.1) is 13.7 Å². The quantitative estimate of drug-likeness (QED) is 0.467. The molecule has 0 saturated carbocycles. The number of carbonyl (C=O) groups is 2. The molecule has 0 radical (unpaired) electrons. The summed E-state index contributed by atoms with van der Waals surface area (Å²) in [5, 5.41) is 0. The lowest BCUT2D eigenvalue weighted by Gasteiger charge is -2.28. The van der Waals surface area contributed by atoms with Gasteiger partial charge >= 0.3 is 5.97 Å². The number of carbonyl (C=O) groups excluding carboxylic acids is 2. The van der Waals surface area contributed by atoms with Gasteiger partial charge in [-0.3, -0.25) is 4.79 Å². The van der Waals surface area contributed by atoms with Crippen LogP contribution in [0.15, 0.2) is 30.3 Å². The number of ether oxygens (including phenoxy) is 1. The van der Waals surface area contributed by atoms with Crippen LogP contribution in [0.2, 0.25) is 0 Å². The van der Waals surface area contributed by atoms with Crippen molar-refractivity contribution < 1.29 is 14.3 Å². The zero-order valence-corrected chi connectivity index (χ0v) is 11.3. The molecule has 100 valence electrons. The topological polar surface area (TPSA) is 46.6 Å². The van der Waals surface area contributed by atoms with Crippen LogP contribution in [-0.2, 0) is 14.3 Å². The highest BCUT2D eigenvalue weighted by atomic mass is 35.5. The number of nitrogens with zero attached hydrogens (tertiary/aromatic N) is 1. The van der Waals surface area contributed by atoms with Crippen LogP contribution in [0.1, 0.15) is 11.6 Å². The highest BCUT2D eigenvalue weighted by Gasteiger charge is 2.31. The van der Waals surface area contributed by atoms with Gasteiger partial charge < -0.3 is 9.64 Å². The number of alkyl halides is 1. The molecule has 0 unspecified atom stereocenters. The van der Waals surface area contributed by atoms with E-state index in [1.807, 2.05) is 6.07 Å². The van der Waals surface area contributed by atoms with Gasteiger partial charge in [0.1, 0.15) is 5.88 Å².